The number of amides is 1. The van der Waals surface area contributed by atoms with Gasteiger partial charge in [0.25, 0.3) is 6.01 Å². The van der Waals surface area contributed by atoms with Crippen LogP contribution >= 0.6 is 11.8 Å². The van der Waals surface area contributed by atoms with Gasteiger partial charge in [-0.2, -0.15) is 16.7 Å². The number of thioether (sulfide) groups is 1. The zero-order chi connectivity index (χ0) is 19.3. The Morgan fingerprint density at radius 3 is 2.64 bits per heavy atom. The SMILES string of the molecule is CSCCNC(=O)C1CCN(C2CCN(c3nc4ccccc4o3)CC2)CC1. The zero-order valence-electron chi connectivity index (χ0n) is 16.6. The highest BCUT2D eigenvalue weighted by Gasteiger charge is 2.31. The Morgan fingerprint density at radius 2 is 1.93 bits per heavy atom. The molecule has 2 saturated heterocycles. The highest BCUT2D eigenvalue weighted by atomic mass is 32.2. The highest BCUT2D eigenvalue weighted by Crippen LogP contribution is 2.28. The number of piperidine rings is 2. The molecule has 28 heavy (non-hydrogen) atoms. The minimum absolute atomic E-state index is 0.193. The molecule has 2 aliphatic rings. The van der Waals surface area contributed by atoms with E-state index in [1.165, 1.54) is 0 Å². The molecule has 7 heteroatoms. The first-order chi connectivity index (χ1) is 13.7. The largest absolute Gasteiger partial charge is 0.423 e. The van der Waals surface area contributed by atoms with Gasteiger partial charge in [-0.15, -0.1) is 0 Å². The fourth-order valence-corrected chi connectivity index (χ4v) is 4.67. The van der Waals surface area contributed by atoms with Gasteiger partial charge in [0.05, 0.1) is 0 Å². The minimum Gasteiger partial charge on any atom is -0.423 e. The van der Waals surface area contributed by atoms with E-state index in [0.717, 1.165) is 81.3 Å². The van der Waals surface area contributed by atoms with Crippen LogP contribution in [-0.4, -0.2) is 66.6 Å². The van der Waals surface area contributed by atoms with Crippen LogP contribution in [0.4, 0.5) is 6.01 Å². The molecule has 2 aromatic rings. The number of likely N-dealkylation sites (tertiary alicyclic amines) is 1. The molecule has 1 aromatic heterocycles. The number of oxazole rings is 1. The molecule has 0 spiro atoms. The molecule has 0 bridgehead atoms. The molecule has 0 atom stereocenters. The van der Waals surface area contributed by atoms with E-state index in [9.17, 15) is 4.79 Å². The molecule has 1 aromatic carbocycles. The zero-order valence-corrected chi connectivity index (χ0v) is 17.4. The lowest BCUT2D eigenvalue weighted by molar-refractivity contribution is -0.126. The molecular weight excluding hydrogens is 372 g/mol. The van der Waals surface area contributed by atoms with Gasteiger partial charge in [-0.25, -0.2) is 0 Å². The van der Waals surface area contributed by atoms with E-state index in [-0.39, 0.29) is 11.8 Å². The van der Waals surface area contributed by atoms with Crippen LogP contribution in [0.25, 0.3) is 11.1 Å². The van der Waals surface area contributed by atoms with Crippen LogP contribution < -0.4 is 10.2 Å². The van der Waals surface area contributed by atoms with Crippen LogP contribution in [0, 0.1) is 5.92 Å². The quantitative estimate of drug-likeness (QED) is 0.750. The number of hydrogen-bond acceptors (Lipinski definition) is 6. The summed E-state index contributed by atoms with van der Waals surface area (Å²) in [5.41, 5.74) is 1.79. The Kier molecular flexibility index (Phi) is 6.42. The second-order valence-corrected chi connectivity index (χ2v) is 8.76. The number of para-hydroxylation sites is 2. The molecule has 4 rings (SSSR count). The van der Waals surface area contributed by atoms with Gasteiger partial charge in [-0.3, -0.25) is 4.79 Å². The van der Waals surface area contributed by atoms with Gasteiger partial charge in [0, 0.05) is 37.3 Å². The molecular formula is C21H30N4O2S. The second kappa shape index (κ2) is 9.18. The Balaban J connectivity index is 1.24. The van der Waals surface area contributed by atoms with Crippen molar-refractivity contribution < 1.29 is 9.21 Å². The van der Waals surface area contributed by atoms with Crippen LogP contribution in [-0.2, 0) is 4.79 Å². The van der Waals surface area contributed by atoms with Gasteiger partial charge >= 0.3 is 0 Å². The molecule has 1 N–H and O–H groups in total. The first-order valence-corrected chi connectivity index (χ1v) is 11.7. The van der Waals surface area contributed by atoms with Crippen LogP contribution in [0.2, 0.25) is 0 Å². The molecule has 0 saturated carbocycles. The van der Waals surface area contributed by atoms with Crippen molar-refractivity contribution >= 4 is 34.8 Å². The summed E-state index contributed by atoms with van der Waals surface area (Å²) < 4.78 is 5.92. The number of nitrogens with zero attached hydrogens (tertiary/aromatic N) is 3. The van der Waals surface area contributed by atoms with Crippen molar-refractivity contribution in [3.8, 4) is 0 Å². The predicted molar refractivity (Wildman–Crippen MR) is 115 cm³/mol. The lowest BCUT2D eigenvalue weighted by Gasteiger charge is -2.41. The maximum absolute atomic E-state index is 12.3. The van der Waals surface area contributed by atoms with Crippen molar-refractivity contribution in [2.75, 3.05) is 49.6 Å². The topological polar surface area (TPSA) is 61.6 Å². The standard InChI is InChI=1S/C21H30N4O2S/c1-28-15-10-22-20(26)16-6-11-24(12-7-16)17-8-13-25(14-9-17)21-23-18-4-2-3-5-19(18)27-21/h2-5,16-17H,6-15H2,1H3,(H,22,26). The van der Waals surface area contributed by atoms with Crippen LogP contribution in [0.5, 0.6) is 0 Å². The molecule has 6 nitrogen and oxygen atoms in total. The van der Waals surface area contributed by atoms with Crippen molar-refractivity contribution in [1.29, 1.82) is 0 Å². The fraction of sp³-hybridized carbons (Fsp3) is 0.619. The third-order valence-corrected chi connectivity index (χ3v) is 6.65. The summed E-state index contributed by atoms with van der Waals surface area (Å²) in [7, 11) is 0. The Bertz CT molecular complexity index is 747. The van der Waals surface area contributed by atoms with E-state index in [2.05, 4.69) is 26.4 Å². The van der Waals surface area contributed by atoms with Crippen molar-refractivity contribution in [2.24, 2.45) is 5.92 Å². The highest BCUT2D eigenvalue weighted by molar-refractivity contribution is 7.98. The number of fused-ring (bicyclic) bond motifs is 1. The van der Waals surface area contributed by atoms with Crippen molar-refractivity contribution in [2.45, 2.75) is 31.7 Å². The van der Waals surface area contributed by atoms with Crippen LogP contribution in [0.15, 0.2) is 28.7 Å². The lowest BCUT2D eigenvalue weighted by Crippen LogP contribution is -2.49. The third kappa shape index (κ3) is 4.46. The number of anilines is 1. The predicted octanol–water partition coefficient (Wildman–Crippen LogP) is 2.99. The Labute approximate surface area is 171 Å². The van der Waals surface area contributed by atoms with Crippen molar-refractivity contribution in [3.05, 3.63) is 24.3 Å². The molecule has 3 heterocycles. The van der Waals surface area contributed by atoms with E-state index in [4.69, 9.17) is 4.42 Å². The Hall–Kier alpha value is -1.73. The van der Waals surface area contributed by atoms with E-state index >= 15 is 0 Å². The second-order valence-electron chi connectivity index (χ2n) is 7.78. The molecule has 2 aliphatic heterocycles. The molecule has 0 unspecified atom stereocenters. The third-order valence-electron chi connectivity index (χ3n) is 6.04. The Morgan fingerprint density at radius 1 is 1.18 bits per heavy atom. The smallest absolute Gasteiger partial charge is 0.298 e. The maximum atomic E-state index is 12.3. The van der Waals surface area contributed by atoms with Crippen molar-refractivity contribution in [3.63, 3.8) is 0 Å². The molecule has 152 valence electrons. The summed E-state index contributed by atoms with van der Waals surface area (Å²) in [5.74, 6) is 1.43. The number of aromatic nitrogens is 1. The summed E-state index contributed by atoms with van der Waals surface area (Å²) >= 11 is 1.77. The van der Waals surface area contributed by atoms with Crippen molar-refractivity contribution in [1.82, 2.24) is 15.2 Å². The first-order valence-electron chi connectivity index (χ1n) is 10.4. The summed E-state index contributed by atoms with van der Waals surface area (Å²) in [6.45, 7) is 4.82. The fourth-order valence-electron chi connectivity index (χ4n) is 4.37. The number of hydrogen-bond donors (Lipinski definition) is 1. The number of carbonyl (C=O) groups is 1. The van der Waals surface area contributed by atoms with Gasteiger partial charge in [0.15, 0.2) is 5.58 Å². The summed E-state index contributed by atoms with van der Waals surface area (Å²) in [6, 6.07) is 9.31. The van der Waals surface area contributed by atoms with Gasteiger partial charge < -0.3 is 19.5 Å². The molecule has 2 fully saturated rings. The first kappa shape index (κ1) is 19.6. The van der Waals surface area contributed by atoms with E-state index in [1.807, 2.05) is 24.3 Å². The minimum atomic E-state index is 0.193. The molecule has 1 amide bonds. The average Bonchev–Trinajstić information content (AvgIpc) is 3.18. The number of nitrogens with one attached hydrogen (secondary N) is 1. The number of rotatable bonds is 6. The molecule has 0 aliphatic carbocycles. The summed E-state index contributed by atoms with van der Waals surface area (Å²) in [6.07, 6.45) is 6.29. The van der Waals surface area contributed by atoms with E-state index in [1.54, 1.807) is 11.8 Å². The van der Waals surface area contributed by atoms with E-state index in [0.29, 0.717) is 6.04 Å². The lowest BCUT2D eigenvalue weighted by atomic mass is 9.93. The number of benzene rings is 1. The van der Waals surface area contributed by atoms with Gasteiger partial charge in [-0.1, -0.05) is 12.1 Å². The van der Waals surface area contributed by atoms with Crippen LogP contribution in [0.1, 0.15) is 25.7 Å². The maximum Gasteiger partial charge on any atom is 0.298 e. The van der Waals surface area contributed by atoms with Gasteiger partial charge in [-0.05, 0) is 57.2 Å². The van der Waals surface area contributed by atoms with Gasteiger partial charge in [0.1, 0.15) is 5.52 Å². The van der Waals surface area contributed by atoms with E-state index < -0.39 is 0 Å². The van der Waals surface area contributed by atoms with Gasteiger partial charge in [0.2, 0.25) is 5.91 Å². The summed E-state index contributed by atoms with van der Waals surface area (Å²) in [5, 5.41) is 3.08. The molecule has 0 radical (unpaired) electrons. The normalized spacial score (nSPS) is 20.0. The monoisotopic (exact) mass is 402 g/mol. The van der Waals surface area contributed by atoms with Crippen LogP contribution in [0.3, 0.4) is 0 Å². The summed E-state index contributed by atoms with van der Waals surface area (Å²) in [4.78, 5) is 21.8. The average molecular weight is 403 g/mol. The number of carbonyl (C=O) groups excluding carboxylic acids is 1.